The molecule has 2 saturated heterocycles. The normalized spacial score (nSPS) is 21.6. The molecule has 0 unspecified atom stereocenters. The first-order chi connectivity index (χ1) is 14.3. The molecule has 2 fully saturated rings. The molecule has 7 nitrogen and oxygen atoms in total. The molecule has 0 N–H and O–H groups in total. The number of likely N-dealkylation sites (tertiary alicyclic amines) is 1. The first-order valence-electron chi connectivity index (χ1n) is 11.2. The summed E-state index contributed by atoms with van der Waals surface area (Å²) >= 11 is 0. The lowest BCUT2D eigenvalue weighted by Gasteiger charge is -2.33. The lowest BCUT2D eigenvalue weighted by molar-refractivity contribution is 0.00578. The minimum Gasteiger partial charge on any atom is -0.444 e. The molecule has 168 valence electrons. The fraction of sp³-hybridized carbons (Fsp3) is 0.652. The summed E-state index contributed by atoms with van der Waals surface area (Å²) in [5.74, 6) is 0. The van der Waals surface area contributed by atoms with Gasteiger partial charge in [-0.3, -0.25) is 4.68 Å². The summed E-state index contributed by atoms with van der Waals surface area (Å²) in [6.45, 7) is 15.3. The van der Waals surface area contributed by atoms with Crippen molar-refractivity contribution >= 4 is 29.6 Å². The van der Waals surface area contributed by atoms with Gasteiger partial charge in [0.15, 0.2) is 0 Å². The van der Waals surface area contributed by atoms with Crippen LogP contribution in [0.25, 0.3) is 10.9 Å². The number of amides is 1. The summed E-state index contributed by atoms with van der Waals surface area (Å²) in [6, 6.07) is 6.46. The van der Waals surface area contributed by atoms with Gasteiger partial charge in [-0.15, -0.1) is 0 Å². The van der Waals surface area contributed by atoms with Gasteiger partial charge in [0.05, 0.1) is 22.8 Å². The van der Waals surface area contributed by atoms with E-state index in [4.69, 9.17) is 19.1 Å². The zero-order valence-electron chi connectivity index (χ0n) is 19.8. The number of ether oxygens (including phenoxy) is 1. The van der Waals surface area contributed by atoms with E-state index < -0.39 is 12.7 Å². The standard InChI is InChI=1S/C23H34BN3O4/c1-21(2,3)29-20(28)26-12-10-18(11-13-26)27-15-16-8-9-17(14-19(16)25-27)24-30-22(4,5)23(6,7)31-24/h8-9,14-15,18H,10-13H2,1-7H3. The lowest BCUT2D eigenvalue weighted by Crippen LogP contribution is -2.42. The van der Waals surface area contributed by atoms with Gasteiger partial charge in [-0.25, -0.2) is 4.79 Å². The number of benzene rings is 1. The average molecular weight is 427 g/mol. The van der Waals surface area contributed by atoms with E-state index in [1.165, 1.54) is 0 Å². The van der Waals surface area contributed by atoms with Crippen LogP contribution in [0, 0.1) is 0 Å². The van der Waals surface area contributed by atoms with E-state index in [1.807, 2.05) is 25.5 Å². The second-order valence-electron chi connectivity index (χ2n) is 10.7. The number of hydrogen-bond donors (Lipinski definition) is 0. The van der Waals surface area contributed by atoms with Gasteiger partial charge < -0.3 is 18.9 Å². The molecule has 0 spiro atoms. The predicted octanol–water partition coefficient (Wildman–Crippen LogP) is 3.91. The summed E-state index contributed by atoms with van der Waals surface area (Å²) in [7, 11) is -0.392. The van der Waals surface area contributed by atoms with Crippen molar-refractivity contribution in [3.8, 4) is 0 Å². The largest absolute Gasteiger partial charge is 0.494 e. The second-order valence-corrected chi connectivity index (χ2v) is 10.7. The minimum atomic E-state index is -0.470. The third-order valence-electron chi connectivity index (χ3n) is 6.56. The van der Waals surface area contributed by atoms with Gasteiger partial charge in [0, 0.05) is 24.7 Å². The quantitative estimate of drug-likeness (QED) is 0.680. The van der Waals surface area contributed by atoms with Crippen LogP contribution in [0.15, 0.2) is 24.4 Å². The molecule has 0 aliphatic carbocycles. The number of nitrogens with zero attached hydrogens (tertiary/aromatic N) is 3. The van der Waals surface area contributed by atoms with E-state index in [-0.39, 0.29) is 23.3 Å². The first-order valence-corrected chi connectivity index (χ1v) is 11.2. The molecule has 2 aliphatic heterocycles. The van der Waals surface area contributed by atoms with E-state index in [2.05, 4.69) is 52.1 Å². The van der Waals surface area contributed by atoms with E-state index >= 15 is 0 Å². The smallest absolute Gasteiger partial charge is 0.444 e. The highest BCUT2D eigenvalue weighted by molar-refractivity contribution is 6.62. The van der Waals surface area contributed by atoms with Crippen LogP contribution in [0.5, 0.6) is 0 Å². The molecule has 2 aromatic rings. The Labute approximate surface area is 185 Å². The number of carbonyl (C=O) groups excluding carboxylic acids is 1. The molecule has 2 aliphatic rings. The van der Waals surface area contributed by atoms with E-state index in [1.54, 1.807) is 4.90 Å². The van der Waals surface area contributed by atoms with E-state index in [9.17, 15) is 4.79 Å². The Balaban J connectivity index is 1.44. The van der Waals surface area contributed by atoms with Crippen molar-refractivity contribution in [1.82, 2.24) is 14.7 Å². The maximum absolute atomic E-state index is 12.3. The second kappa shape index (κ2) is 7.52. The Morgan fingerprint density at radius 3 is 2.32 bits per heavy atom. The van der Waals surface area contributed by atoms with Gasteiger partial charge in [0.2, 0.25) is 0 Å². The molecule has 31 heavy (non-hydrogen) atoms. The van der Waals surface area contributed by atoms with Gasteiger partial charge in [-0.2, -0.15) is 5.10 Å². The molecule has 1 amide bonds. The maximum Gasteiger partial charge on any atom is 0.494 e. The Kier molecular flexibility index (Phi) is 5.37. The molecule has 4 rings (SSSR count). The van der Waals surface area contributed by atoms with Crippen LogP contribution < -0.4 is 5.46 Å². The van der Waals surface area contributed by atoms with Crippen molar-refractivity contribution in [2.75, 3.05) is 13.1 Å². The number of carbonyl (C=O) groups is 1. The number of rotatable bonds is 2. The Morgan fingerprint density at radius 1 is 1.13 bits per heavy atom. The Bertz CT molecular complexity index is 955. The Morgan fingerprint density at radius 2 is 1.74 bits per heavy atom. The zero-order chi connectivity index (χ0) is 22.6. The van der Waals surface area contributed by atoms with Crippen LogP contribution in [0.1, 0.15) is 67.3 Å². The highest BCUT2D eigenvalue weighted by atomic mass is 16.7. The molecule has 1 aromatic carbocycles. The monoisotopic (exact) mass is 427 g/mol. The molecule has 0 saturated carbocycles. The molecular weight excluding hydrogens is 393 g/mol. The molecular formula is C23H34BN3O4. The van der Waals surface area contributed by atoms with Crippen molar-refractivity contribution in [1.29, 1.82) is 0 Å². The highest BCUT2D eigenvalue weighted by Gasteiger charge is 2.51. The van der Waals surface area contributed by atoms with Crippen LogP contribution in [0.2, 0.25) is 0 Å². The van der Waals surface area contributed by atoms with Crippen molar-refractivity contribution in [3.63, 3.8) is 0 Å². The molecule has 0 bridgehead atoms. The summed E-state index contributed by atoms with van der Waals surface area (Å²) in [4.78, 5) is 14.1. The van der Waals surface area contributed by atoms with Crippen molar-refractivity contribution in [2.45, 2.75) is 84.2 Å². The summed E-state index contributed by atoms with van der Waals surface area (Å²) < 4.78 is 19.9. The number of fused-ring (bicyclic) bond motifs is 1. The van der Waals surface area contributed by atoms with Crippen LogP contribution in [-0.4, -0.2) is 57.8 Å². The van der Waals surface area contributed by atoms with Crippen molar-refractivity contribution in [3.05, 3.63) is 24.4 Å². The van der Waals surface area contributed by atoms with Gasteiger partial charge >= 0.3 is 13.2 Å². The third-order valence-corrected chi connectivity index (χ3v) is 6.56. The molecule has 0 atom stereocenters. The van der Waals surface area contributed by atoms with Crippen molar-refractivity contribution < 1.29 is 18.8 Å². The molecule has 0 radical (unpaired) electrons. The van der Waals surface area contributed by atoms with E-state index in [0.29, 0.717) is 13.1 Å². The van der Waals surface area contributed by atoms with Crippen LogP contribution in [0.3, 0.4) is 0 Å². The molecule has 8 heteroatoms. The summed E-state index contributed by atoms with van der Waals surface area (Å²) in [6.07, 6.45) is 3.58. The predicted molar refractivity (Wildman–Crippen MR) is 122 cm³/mol. The summed E-state index contributed by atoms with van der Waals surface area (Å²) in [5.41, 5.74) is 0.711. The maximum atomic E-state index is 12.3. The molecule has 1 aromatic heterocycles. The number of piperidine rings is 1. The van der Waals surface area contributed by atoms with Gasteiger partial charge in [0.25, 0.3) is 0 Å². The number of hydrogen-bond acceptors (Lipinski definition) is 5. The van der Waals surface area contributed by atoms with Crippen LogP contribution in [-0.2, 0) is 14.0 Å². The topological polar surface area (TPSA) is 65.8 Å². The van der Waals surface area contributed by atoms with Crippen molar-refractivity contribution in [2.24, 2.45) is 0 Å². The van der Waals surface area contributed by atoms with Gasteiger partial charge in [0.1, 0.15) is 5.60 Å². The van der Waals surface area contributed by atoms with E-state index in [0.717, 1.165) is 29.2 Å². The zero-order valence-corrected chi connectivity index (χ0v) is 19.8. The fourth-order valence-corrected chi connectivity index (χ4v) is 4.00. The van der Waals surface area contributed by atoms with Crippen LogP contribution >= 0.6 is 0 Å². The van der Waals surface area contributed by atoms with Gasteiger partial charge in [-0.05, 0) is 72.8 Å². The lowest BCUT2D eigenvalue weighted by atomic mass is 9.79. The third kappa shape index (κ3) is 4.46. The minimum absolute atomic E-state index is 0.233. The molecule has 3 heterocycles. The number of aromatic nitrogens is 2. The SMILES string of the molecule is CC(C)(C)OC(=O)N1CCC(n2cc3ccc(B4OC(C)(C)C(C)(C)O4)cc3n2)CC1. The summed E-state index contributed by atoms with van der Waals surface area (Å²) in [5, 5.41) is 5.93. The Hall–Kier alpha value is -2.06. The van der Waals surface area contributed by atoms with Gasteiger partial charge in [-0.1, -0.05) is 12.1 Å². The average Bonchev–Trinajstić information content (AvgIpc) is 3.17. The fourth-order valence-electron chi connectivity index (χ4n) is 4.00. The van der Waals surface area contributed by atoms with Crippen LogP contribution in [0.4, 0.5) is 4.79 Å². The first kappa shape index (κ1) is 22.2. The highest BCUT2D eigenvalue weighted by Crippen LogP contribution is 2.36.